The predicted molar refractivity (Wildman–Crippen MR) is 101 cm³/mol. The van der Waals surface area contributed by atoms with Crippen LogP contribution in [0.1, 0.15) is 5.76 Å². The molecule has 3 aromatic heterocycles. The lowest BCUT2D eigenvalue weighted by Crippen LogP contribution is -1.84. The second kappa shape index (κ2) is 6.17. The Morgan fingerprint density at radius 3 is 2.52 bits per heavy atom. The highest BCUT2D eigenvalue weighted by Gasteiger charge is 2.22. The minimum Gasteiger partial charge on any atom is -0.416 e. The number of aryl methyl sites for hydroxylation is 1. The van der Waals surface area contributed by atoms with Gasteiger partial charge in [-0.2, -0.15) is 0 Å². The first-order valence-corrected chi connectivity index (χ1v) is 8.51. The maximum absolute atomic E-state index is 6.00. The van der Waals surface area contributed by atoms with Crippen LogP contribution in [0, 0.1) is 6.92 Å². The lowest BCUT2D eigenvalue weighted by atomic mass is 10.1. The Kier molecular flexibility index (Phi) is 3.53. The predicted octanol–water partition coefficient (Wildman–Crippen LogP) is 4.92. The Labute approximate surface area is 154 Å². The van der Waals surface area contributed by atoms with Crippen molar-refractivity contribution >= 4 is 10.9 Å². The molecule has 0 spiro atoms. The molecule has 6 nitrogen and oxygen atoms in total. The normalized spacial score (nSPS) is 11.1. The summed E-state index contributed by atoms with van der Waals surface area (Å²) in [6.07, 6.45) is 1.75. The van der Waals surface area contributed by atoms with Crippen LogP contribution in [0.15, 0.2) is 75.8 Å². The highest BCUT2D eigenvalue weighted by Crippen LogP contribution is 2.35. The molecule has 130 valence electrons. The fraction of sp³-hybridized carbons (Fsp3) is 0.0476. The molecule has 3 heterocycles. The molecule has 0 aliphatic carbocycles. The van der Waals surface area contributed by atoms with E-state index in [1.54, 1.807) is 6.20 Å². The Morgan fingerprint density at radius 1 is 0.815 bits per heavy atom. The smallest absolute Gasteiger partial charge is 0.254 e. The summed E-state index contributed by atoms with van der Waals surface area (Å²) >= 11 is 0. The van der Waals surface area contributed by atoms with Crippen LogP contribution >= 0.6 is 0 Å². The van der Waals surface area contributed by atoms with E-state index in [0.29, 0.717) is 28.8 Å². The molecule has 0 saturated carbocycles. The number of nitrogens with zero attached hydrogens (tertiary/aromatic N) is 4. The zero-order valence-corrected chi connectivity index (χ0v) is 14.5. The molecule has 5 aromatic rings. The van der Waals surface area contributed by atoms with Crippen LogP contribution in [0.25, 0.3) is 45.1 Å². The Morgan fingerprint density at radius 2 is 1.63 bits per heavy atom. The van der Waals surface area contributed by atoms with Gasteiger partial charge in [-0.3, -0.25) is 4.98 Å². The fourth-order valence-electron chi connectivity index (χ4n) is 3.13. The van der Waals surface area contributed by atoms with Gasteiger partial charge < -0.3 is 8.94 Å². The molecule has 0 atom stereocenters. The molecule has 0 fully saturated rings. The summed E-state index contributed by atoms with van der Waals surface area (Å²) in [6, 6.07) is 19.6. The van der Waals surface area contributed by atoms with Crippen LogP contribution in [-0.4, -0.2) is 20.3 Å². The van der Waals surface area contributed by atoms with Gasteiger partial charge >= 0.3 is 0 Å². The van der Waals surface area contributed by atoms with E-state index in [4.69, 9.17) is 8.94 Å². The van der Waals surface area contributed by atoms with Gasteiger partial charge in [-0.15, -0.1) is 10.2 Å². The van der Waals surface area contributed by atoms with Crippen molar-refractivity contribution in [2.45, 2.75) is 6.92 Å². The van der Waals surface area contributed by atoms with Crippen molar-refractivity contribution in [3.05, 3.63) is 72.6 Å². The van der Waals surface area contributed by atoms with Crippen molar-refractivity contribution in [3.63, 3.8) is 0 Å². The molecule has 2 aromatic carbocycles. The first-order chi connectivity index (χ1) is 13.3. The van der Waals surface area contributed by atoms with Gasteiger partial charge in [0.2, 0.25) is 5.89 Å². The van der Waals surface area contributed by atoms with Crippen molar-refractivity contribution in [1.29, 1.82) is 0 Å². The standard InChI is InChI=1S/C21H14N4O2/c1-13-17(19(25-27-13)15-7-3-2-4-8-15)21-24-23-20(26-21)16-11-5-9-14-10-6-12-22-18(14)16/h2-12H,1H3. The third-order valence-corrected chi connectivity index (χ3v) is 4.41. The lowest BCUT2D eigenvalue weighted by Gasteiger charge is -2.01. The van der Waals surface area contributed by atoms with E-state index in [9.17, 15) is 0 Å². The summed E-state index contributed by atoms with van der Waals surface area (Å²) in [4.78, 5) is 4.45. The summed E-state index contributed by atoms with van der Waals surface area (Å²) in [6.45, 7) is 1.83. The second-order valence-corrected chi connectivity index (χ2v) is 6.12. The van der Waals surface area contributed by atoms with E-state index < -0.39 is 0 Å². The van der Waals surface area contributed by atoms with Crippen LogP contribution in [0.5, 0.6) is 0 Å². The number of aromatic nitrogens is 4. The minimum absolute atomic E-state index is 0.371. The molecule has 0 aliphatic heterocycles. The summed E-state index contributed by atoms with van der Waals surface area (Å²) in [5.41, 5.74) is 3.92. The van der Waals surface area contributed by atoms with Crippen LogP contribution < -0.4 is 0 Å². The van der Waals surface area contributed by atoms with Gasteiger partial charge in [-0.25, -0.2) is 0 Å². The van der Waals surface area contributed by atoms with Gasteiger partial charge in [0.1, 0.15) is 17.0 Å². The molecule has 0 saturated heterocycles. The molecule has 0 N–H and O–H groups in total. The molecular weight excluding hydrogens is 340 g/mol. The van der Waals surface area contributed by atoms with Crippen LogP contribution in [0.4, 0.5) is 0 Å². The van der Waals surface area contributed by atoms with Crippen LogP contribution in [0.3, 0.4) is 0 Å². The topological polar surface area (TPSA) is 77.8 Å². The average Bonchev–Trinajstić information content (AvgIpc) is 3.35. The fourth-order valence-corrected chi connectivity index (χ4v) is 3.13. The molecule has 0 amide bonds. The number of hydrogen-bond acceptors (Lipinski definition) is 6. The summed E-state index contributed by atoms with van der Waals surface area (Å²) < 4.78 is 11.4. The molecule has 0 radical (unpaired) electrons. The minimum atomic E-state index is 0.371. The average molecular weight is 354 g/mol. The summed E-state index contributed by atoms with van der Waals surface area (Å²) in [5.74, 6) is 1.41. The number of para-hydroxylation sites is 1. The number of rotatable bonds is 3. The van der Waals surface area contributed by atoms with Gasteiger partial charge in [-0.05, 0) is 19.1 Å². The van der Waals surface area contributed by atoms with Crippen molar-refractivity contribution in [1.82, 2.24) is 20.3 Å². The zero-order chi connectivity index (χ0) is 18.2. The van der Waals surface area contributed by atoms with Crippen molar-refractivity contribution in [2.75, 3.05) is 0 Å². The Balaban J connectivity index is 1.64. The third kappa shape index (κ3) is 2.58. The van der Waals surface area contributed by atoms with Crippen molar-refractivity contribution in [2.24, 2.45) is 0 Å². The maximum atomic E-state index is 6.00. The number of benzene rings is 2. The first kappa shape index (κ1) is 15.5. The number of fused-ring (bicyclic) bond motifs is 1. The third-order valence-electron chi connectivity index (χ3n) is 4.41. The molecule has 6 heteroatoms. The van der Waals surface area contributed by atoms with Gasteiger partial charge in [0.15, 0.2) is 0 Å². The molecule has 0 bridgehead atoms. The quantitative estimate of drug-likeness (QED) is 0.458. The van der Waals surface area contributed by atoms with Crippen LogP contribution in [0.2, 0.25) is 0 Å². The Bertz CT molecular complexity index is 1240. The molecular formula is C21H14N4O2. The van der Waals surface area contributed by atoms with Crippen LogP contribution in [-0.2, 0) is 0 Å². The highest BCUT2D eigenvalue weighted by atomic mass is 16.5. The van der Waals surface area contributed by atoms with Crippen molar-refractivity contribution in [3.8, 4) is 34.2 Å². The highest BCUT2D eigenvalue weighted by molar-refractivity contribution is 5.91. The van der Waals surface area contributed by atoms with Gasteiger partial charge in [0, 0.05) is 17.1 Å². The lowest BCUT2D eigenvalue weighted by molar-refractivity contribution is 0.399. The first-order valence-electron chi connectivity index (χ1n) is 8.51. The molecule has 27 heavy (non-hydrogen) atoms. The molecule has 0 aliphatic rings. The van der Waals surface area contributed by atoms with E-state index in [0.717, 1.165) is 22.0 Å². The Hall–Kier alpha value is -3.80. The monoisotopic (exact) mass is 354 g/mol. The number of pyridine rings is 1. The molecule has 0 unspecified atom stereocenters. The van der Waals surface area contributed by atoms with Gasteiger partial charge in [-0.1, -0.05) is 53.7 Å². The van der Waals surface area contributed by atoms with Gasteiger partial charge in [0.25, 0.3) is 5.89 Å². The summed E-state index contributed by atoms with van der Waals surface area (Å²) in [7, 11) is 0. The van der Waals surface area contributed by atoms with Gasteiger partial charge in [0.05, 0.1) is 11.1 Å². The maximum Gasteiger partial charge on any atom is 0.254 e. The zero-order valence-electron chi connectivity index (χ0n) is 14.5. The van der Waals surface area contributed by atoms with E-state index >= 15 is 0 Å². The van der Waals surface area contributed by atoms with E-state index in [2.05, 4.69) is 20.3 Å². The largest absolute Gasteiger partial charge is 0.416 e. The van der Waals surface area contributed by atoms with E-state index in [1.165, 1.54) is 0 Å². The number of hydrogen-bond donors (Lipinski definition) is 0. The molecule has 5 rings (SSSR count). The SMILES string of the molecule is Cc1onc(-c2ccccc2)c1-c1nnc(-c2cccc3cccnc23)o1. The van der Waals surface area contributed by atoms with E-state index in [1.807, 2.05) is 67.6 Å². The van der Waals surface area contributed by atoms with E-state index in [-0.39, 0.29) is 0 Å². The summed E-state index contributed by atoms with van der Waals surface area (Å²) in [5, 5.41) is 13.7. The second-order valence-electron chi connectivity index (χ2n) is 6.12. The van der Waals surface area contributed by atoms with Crippen molar-refractivity contribution < 1.29 is 8.94 Å².